The molecule has 3 rings (SSSR count). The maximum atomic E-state index is 9.18. The third kappa shape index (κ3) is 1.74. The van der Waals surface area contributed by atoms with E-state index in [0.29, 0.717) is 5.92 Å². The van der Waals surface area contributed by atoms with Gasteiger partial charge in [-0.1, -0.05) is 6.92 Å². The Hall–Kier alpha value is -1.66. The van der Waals surface area contributed by atoms with Gasteiger partial charge in [0.05, 0.1) is 12.7 Å². The lowest BCUT2D eigenvalue weighted by molar-refractivity contribution is -0.0291. The van der Waals surface area contributed by atoms with E-state index in [1.54, 1.807) is 6.20 Å². The van der Waals surface area contributed by atoms with E-state index in [-0.39, 0.29) is 24.9 Å². The summed E-state index contributed by atoms with van der Waals surface area (Å²) < 4.78 is 7.79. The first-order chi connectivity index (χ1) is 8.69. The number of fused-ring (bicyclic) bond motifs is 1. The van der Waals surface area contributed by atoms with Crippen molar-refractivity contribution in [3.8, 4) is 0 Å². The third-order valence-electron chi connectivity index (χ3n) is 3.40. The van der Waals surface area contributed by atoms with Crippen LogP contribution in [0.4, 0.5) is 5.95 Å². The summed E-state index contributed by atoms with van der Waals surface area (Å²) in [5, 5.41) is 10.1. The van der Waals surface area contributed by atoms with Gasteiger partial charge >= 0.3 is 0 Å². The fourth-order valence-electron chi connectivity index (χ4n) is 2.53. The number of rotatable bonds is 2. The third-order valence-corrected chi connectivity index (χ3v) is 3.40. The van der Waals surface area contributed by atoms with Crippen molar-refractivity contribution in [1.29, 1.82) is 0 Å². The molecular formula is C12H16N4O2. The van der Waals surface area contributed by atoms with E-state index >= 15 is 0 Å². The van der Waals surface area contributed by atoms with Crippen LogP contribution >= 0.6 is 0 Å². The molecule has 0 amide bonds. The molecule has 2 aromatic rings. The molecule has 0 saturated carbocycles. The molecule has 2 aromatic heterocycles. The molecule has 0 aromatic carbocycles. The van der Waals surface area contributed by atoms with Crippen LogP contribution in [-0.2, 0) is 4.74 Å². The highest BCUT2D eigenvalue weighted by molar-refractivity contribution is 5.76. The van der Waals surface area contributed by atoms with Crippen LogP contribution in [0.5, 0.6) is 0 Å². The van der Waals surface area contributed by atoms with Crippen LogP contribution in [0.1, 0.15) is 19.6 Å². The standard InChI is InChI=1S/C12H16N4O2/c1-7-4-9(6-17)18-11(7)16-3-2-8-5-14-12(13)15-10(8)16/h2-3,5,7,9,11,17H,4,6H2,1H3,(H2,13,14,15)/t7-,9?,11+/m0/s1. The predicted octanol–water partition coefficient (Wildman–Crippen LogP) is 0.929. The van der Waals surface area contributed by atoms with Crippen molar-refractivity contribution in [1.82, 2.24) is 14.5 Å². The first-order valence-corrected chi connectivity index (χ1v) is 6.04. The Morgan fingerprint density at radius 2 is 2.44 bits per heavy atom. The van der Waals surface area contributed by atoms with Crippen LogP contribution in [-0.4, -0.2) is 32.4 Å². The quantitative estimate of drug-likeness (QED) is 0.825. The Morgan fingerprint density at radius 1 is 1.61 bits per heavy atom. The molecule has 0 aliphatic carbocycles. The summed E-state index contributed by atoms with van der Waals surface area (Å²) in [7, 11) is 0. The monoisotopic (exact) mass is 248 g/mol. The molecule has 96 valence electrons. The zero-order chi connectivity index (χ0) is 12.7. The zero-order valence-electron chi connectivity index (χ0n) is 10.2. The molecule has 3 atom stereocenters. The summed E-state index contributed by atoms with van der Waals surface area (Å²) in [6.07, 6.45) is 4.29. The Bertz CT molecular complexity index is 568. The Kier molecular flexibility index (Phi) is 2.68. The minimum absolute atomic E-state index is 0.0527. The molecule has 3 heterocycles. The van der Waals surface area contributed by atoms with E-state index in [0.717, 1.165) is 17.5 Å². The van der Waals surface area contributed by atoms with Crippen molar-refractivity contribution < 1.29 is 9.84 Å². The molecular weight excluding hydrogens is 232 g/mol. The lowest BCUT2D eigenvalue weighted by Gasteiger charge is -2.18. The fourth-order valence-corrected chi connectivity index (χ4v) is 2.53. The Balaban J connectivity index is 2.01. The molecule has 1 aliphatic heterocycles. The first kappa shape index (κ1) is 11.4. The van der Waals surface area contributed by atoms with Crippen LogP contribution in [0.25, 0.3) is 11.0 Å². The number of aromatic nitrogens is 3. The highest BCUT2D eigenvalue weighted by Gasteiger charge is 2.33. The summed E-state index contributed by atoms with van der Waals surface area (Å²) in [5.74, 6) is 0.584. The van der Waals surface area contributed by atoms with Crippen molar-refractivity contribution in [2.75, 3.05) is 12.3 Å². The average molecular weight is 248 g/mol. The number of hydrogen-bond donors (Lipinski definition) is 2. The normalized spacial score (nSPS) is 28.0. The van der Waals surface area contributed by atoms with Gasteiger partial charge in [-0.15, -0.1) is 0 Å². The van der Waals surface area contributed by atoms with Crippen molar-refractivity contribution in [2.45, 2.75) is 25.7 Å². The van der Waals surface area contributed by atoms with Crippen LogP contribution in [0.3, 0.4) is 0 Å². The fraction of sp³-hybridized carbons (Fsp3) is 0.500. The van der Waals surface area contributed by atoms with Gasteiger partial charge in [-0.3, -0.25) is 0 Å². The molecule has 1 saturated heterocycles. The zero-order valence-corrected chi connectivity index (χ0v) is 10.2. The minimum atomic E-state index is -0.103. The molecule has 3 N–H and O–H groups in total. The van der Waals surface area contributed by atoms with E-state index in [2.05, 4.69) is 16.9 Å². The lowest BCUT2D eigenvalue weighted by Crippen LogP contribution is -2.15. The van der Waals surface area contributed by atoms with Crippen molar-refractivity contribution in [3.05, 3.63) is 18.5 Å². The van der Waals surface area contributed by atoms with Gasteiger partial charge < -0.3 is 20.1 Å². The summed E-state index contributed by atoms with van der Waals surface area (Å²) in [6, 6.07) is 1.94. The van der Waals surface area contributed by atoms with Crippen molar-refractivity contribution >= 4 is 17.0 Å². The Labute approximate surface area is 104 Å². The molecule has 0 bridgehead atoms. The first-order valence-electron chi connectivity index (χ1n) is 6.04. The topological polar surface area (TPSA) is 86.2 Å². The van der Waals surface area contributed by atoms with Gasteiger partial charge in [0.2, 0.25) is 5.95 Å². The van der Waals surface area contributed by atoms with Crippen LogP contribution in [0.15, 0.2) is 18.5 Å². The van der Waals surface area contributed by atoms with Crippen molar-refractivity contribution in [3.63, 3.8) is 0 Å². The molecule has 18 heavy (non-hydrogen) atoms. The summed E-state index contributed by atoms with van der Waals surface area (Å²) in [4.78, 5) is 8.22. The van der Waals surface area contributed by atoms with Gasteiger partial charge in [-0.25, -0.2) is 4.98 Å². The molecule has 0 spiro atoms. The van der Waals surface area contributed by atoms with Gasteiger partial charge in [-0.05, 0) is 12.5 Å². The van der Waals surface area contributed by atoms with Crippen LogP contribution in [0, 0.1) is 5.92 Å². The van der Waals surface area contributed by atoms with Gasteiger partial charge in [0.1, 0.15) is 11.9 Å². The number of anilines is 1. The average Bonchev–Trinajstić information content (AvgIpc) is 2.92. The second kappa shape index (κ2) is 4.22. The molecule has 1 unspecified atom stereocenters. The maximum Gasteiger partial charge on any atom is 0.221 e. The number of nitrogens with two attached hydrogens (primary N) is 1. The smallest absolute Gasteiger partial charge is 0.221 e. The second-order valence-electron chi connectivity index (χ2n) is 4.77. The van der Waals surface area contributed by atoms with Crippen LogP contribution < -0.4 is 5.73 Å². The number of hydrogen-bond acceptors (Lipinski definition) is 5. The summed E-state index contributed by atoms with van der Waals surface area (Å²) in [5.41, 5.74) is 6.40. The largest absolute Gasteiger partial charge is 0.394 e. The van der Waals surface area contributed by atoms with E-state index < -0.39 is 0 Å². The Morgan fingerprint density at radius 3 is 3.17 bits per heavy atom. The molecule has 6 heteroatoms. The van der Waals surface area contributed by atoms with E-state index in [1.165, 1.54) is 0 Å². The second-order valence-corrected chi connectivity index (χ2v) is 4.77. The van der Waals surface area contributed by atoms with E-state index in [1.807, 2.05) is 16.8 Å². The van der Waals surface area contributed by atoms with E-state index in [9.17, 15) is 5.11 Å². The van der Waals surface area contributed by atoms with Gasteiger partial charge in [0, 0.05) is 23.7 Å². The van der Waals surface area contributed by atoms with Gasteiger partial charge in [0.25, 0.3) is 0 Å². The molecule has 0 radical (unpaired) electrons. The lowest BCUT2D eigenvalue weighted by atomic mass is 10.1. The number of aliphatic hydroxyl groups is 1. The number of nitrogens with zero attached hydrogens (tertiary/aromatic N) is 3. The highest BCUT2D eigenvalue weighted by atomic mass is 16.5. The number of nitrogen functional groups attached to an aromatic ring is 1. The SMILES string of the molecule is C[C@H]1CC(CO)O[C@H]1n1ccc2cnc(N)nc21. The van der Waals surface area contributed by atoms with Crippen molar-refractivity contribution in [2.24, 2.45) is 5.92 Å². The molecule has 6 nitrogen and oxygen atoms in total. The summed E-state index contributed by atoms with van der Waals surface area (Å²) >= 11 is 0. The summed E-state index contributed by atoms with van der Waals surface area (Å²) in [6.45, 7) is 2.16. The number of ether oxygens (including phenoxy) is 1. The van der Waals surface area contributed by atoms with Crippen LogP contribution in [0.2, 0.25) is 0 Å². The highest BCUT2D eigenvalue weighted by Crippen LogP contribution is 2.35. The molecule has 1 aliphatic rings. The van der Waals surface area contributed by atoms with Gasteiger partial charge in [0.15, 0.2) is 0 Å². The molecule has 1 fully saturated rings. The van der Waals surface area contributed by atoms with Gasteiger partial charge in [-0.2, -0.15) is 4.98 Å². The van der Waals surface area contributed by atoms with E-state index in [4.69, 9.17) is 10.5 Å². The predicted molar refractivity (Wildman–Crippen MR) is 66.7 cm³/mol. The number of aliphatic hydroxyl groups excluding tert-OH is 1. The maximum absolute atomic E-state index is 9.18. The minimum Gasteiger partial charge on any atom is -0.394 e.